The highest BCUT2D eigenvalue weighted by atomic mass is 35.5. The first-order chi connectivity index (χ1) is 14.8. The lowest BCUT2D eigenvalue weighted by molar-refractivity contribution is -0.384. The number of nitrogens with zero attached hydrogens (tertiary/aromatic N) is 2. The molecule has 2 heterocycles. The third-order valence-electron chi connectivity index (χ3n) is 4.91. The molecule has 0 spiro atoms. The Morgan fingerprint density at radius 3 is 2.45 bits per heavy atom. The second-order valence-corrected chi connectivity index (χ2v) is 7.34. The number of nitro groups is 1. The normalized spacial score (nSPS) is 17.9. The summed E-state index contributed by atoms with van der Waals surface area (Å²) in [4.78, 5) is 37.6. The number of non-ortho nitro benzene ring substituents is 1. The molecule has 1 saturated heterocycles. The van der Waals surface area contributed by atoms with E-state index in [0.717, 1.165) is 6.07 Å². The van der Waals surface area contributed by atoms with Crippen LogP contribution in [0.1, 0.15) is 23.1 Å². The van der Waals surface area contributed by atoms with Crippen LogP contribution in [0.3, 0.4) is 0 Å². The number of benzene rings is 2. The van der Waals surface area contributed by atoms with E-state index in [4.69, 9.17) is 16.0 Å². The minimum atomic E-state index is -1.06. The second-order valence-electron chi connectivity index (χ2n) is 6.90. The Morgan fingerprint density at radius 1 is 1.13 bits per heavy atom. The van der Waals surface area contributed by atoms with Crippen LogP contribution in [0.25, 0.3) is 5.76 Å². The van der Waals surface area contributed by atoms with Crippen LogP contribution in [0.15, 0.2) is 70.7 Å². The molecule has 0 bridgehead atoms. The van der Waals surface area contributed by atoms with Gasteiger partial charge in [-0.2, -0.15) is 0 Å². The summed E-state index contributed by atoms with van der Waals surface area (Å²) in [5.41, 5.74) is -0.0728. The number of furan rings is 1. The van der Waals surface area contributed by atoms with E-state index in [9.17, 15) is 24.8 Å². The van der Waals surface area contributed by atoms with E-state index in [-0.39, 0.29) is 22.6 Å². The first-order valence-corrected chi connectivity index (χ1v) is 9.53. The van der Waals surface area contributed by atoms with Gasteiger partial charge in [-0.25, -0.2) is 0 Å². The highest BCUT2D eigenvalue weighted by molar-refractivity contribution is 6.51. The van der Waals surface area contributed by atoms with E-state index in [1.807, 2.05) is 0 Å². The van der Waals surface area contributed by atoms with Gasteiger partial charge in [0.2, 0.25) is 0 Å². The largest absolute Gasteiger partial charge is 0.507 e. The Hall–Kier alpha value is -3.91. The molecule has 1 aliphatic heterocycles. The van der Waals surface area contributed by atoms with Crippen LogP contribution in [0.5, 0.6) is 0 Å². The zero-order chi connectivity index (χ0) is 22.3. The van der Waals surface area contributed by atoms with Gasteiger partial charge in [-0.3, -0.25) is 24.6 Å². The summed E-state index contributed by atoms with van der Waals surface area (Å²) in [5.74, 6) is -1.52. The van der Waals surface area contributed by atoms with Crippen LogP contribution in [0.2, 0.25) is 5.02 Å². The predicted molar refractivity (Wildman–Crippen MR) is 113 cm³/mol. The third-order valence-corrected chi connectivity index (χ3v) is 5.16. The van der Waals surface area contributed by atoms with Crippen molar-refractivity contribution in [2.24, 2.45) is 0 Å². The molecule has 1 N–H and O–H groups in total. The smallest absolute Gasteiger partial charge is 0.300 e. The van der Waals surface area contributed by atoms with Gasteiger partial charge in [0.05, 0.1) is 10.5 Å². The predicted octanol–water partition coefficient (Wildman–Crippen LogP) is 4.78. The number of aliphatic hydroxyl groups is 1. The zero-order valence-corrected chi connectivity index (χ0v) is 16.9. The number of hydrogen-bond donors (Lipinski definition) is 1. The maximum absolute atomic E-state index is 13.0. The first-order valence-electron chi connectivity index (χ1n) is 9.15. The molecule has 9 heteroatoms. The van der Waals surface area contributed by atoms with Gasteiger partial charge in [0, 0.05) is 28.4 Å². The first kappa shape index (κ1) is 20.4. The van der Waals surface area contributed by atoms with Crippen LogP contribution in [-0.2, 0) is 9.59 Å². The highest BCUT2D eigenvalue weighted by Crippen LogP contribution is 2.43. The summed E-state index contributed by atoms with van der Waals surface area (Å²) in [6.07, 6.45) is 0. The maximum Gasteiger partial charge on any atom is 0.300 e. The number of halogens is 1. The average molecular weight is 439 g/mol. The third kappa shape index (κ3) is 3.57. The minimum absolute atomic E-state index is 0.0385. The Labute approximate surface area is 181 Å². The number of hydrogen-bond acceptors (Lipinski definition) is 6. The van der Waals surface area contributed by atoms with Gasteiger partial charge in [0.1, 0.15) is 23.3 Å². The summed E-state index contributed by atoms with van der Waals surface area (Å²) in [7, 11) is 0. The van der Waals surface area contributed by atoms with Gasteiger partial charge >= 0.3 is 0 Å². The lowest BCUT2D eigenvalue weighted by Crippen LogP contribution is -2.29. The average Bonchev–Trinajstić information content (AvgIpc) is 3.29. The highest BCUT2D eigenvalue weighted by Gasteiger charge is 2.48. The number of anilines is 1. The number of ketones is 1. The lowest BCUT2D eigenvalue weighted by Gasteiger charge is -2.23. The molecule has 4 rings (SSSR count). The quantitative estimate of drug-likeness (QED) is 0.206. The van der Waals surface area contributed by atoms with Gasteiger partial charge in [-0.05, 0) is 43.3 Å². The van der Waals surface area contributed by atoms with Gasteiger partial charge in [-0.15, -0.1) is 0 Å². The number of Topliss-reactive ketones (excluding diaryl/α,β-unsaturated/α-hetero) is 1. The molecule has 1 amide bonds. The van der Waals surface area contributed by atoms with Crippen molar-refractivity contribution in [2.75, 3.05) is 4.90 Å². The summed E-state index contributed by atoms with van der Waals surface area (Å²) in [6.45, 7) is 1.71. The number of rotatable bonds is 4. The number of carbonyl (C=O) groups excluding carboxylic acids is 2. The van der Waals surface area contributed by atoms with Crippen molar-refractivity contribution >= 4 is 40.4 Å². The molecular formula is C22H15ClN2O6. The monoisotopic (exact) mass is 438 g/mol. The van der Waals surface area contributed by atoms with Crippen molar-refractivity contribution in [3.8, 4) is 0 Å². The molecule has 1 fully saturated rings. The molecule has 8 nitrogen and oxygen atoms in total. The summed E-state index contributed by atoms with van der Waals surface area (Å²) < 4.78 is 5.69. The lowest BCUT2D eigenvalue weighted by atomic mass is 9.99. The van der Waals surface area contributed by atoms with Crippen LogP contribution >= 0.6 is 11.6 Å². The molecule has 0 aliphatic carbocycles. The van der Waals surface area contributed by atoms with Gasteiger partial charge in [-0.1, -0.05) is 23.7 Å². The summed E-state index contributed by atoms with van der Waals surface area (Å²) in [5, 5.41) is 22.5. The number of amides is 1. The molecule has 2 aromatic carbocycles. The van der Waals surface area contributed by atoms with E-state index >= 15 is 0 Å². The maximum atomic E-state index is 13.0. The van der Waals surface area contributed by atoms with Crippen LogP contribution < -0.4 is 4.90 Å². The molecule has 1 atom stereocenters. The molecule has 3 aromatic rings. The van der Waals surface area contributed by atoms with Crippen molar-refractivity contribution in [1.29, 1.82) is 0 Å². The van der Waals surface area contributed by atoms with E-state index in [2.05, 4.69) is 0 Å². The number of carbonyl (C=O) groups is 2. The molecule has 1 unspecified atom stereocenters. The summed E-state index contributed by atoms with van der Waals surface area (Å²) >= 11 is 5.95. The van der Waals surface area contributed by atoms with Crippen molar-refractivity contribution in [3.05, 3.63) is 98.5 Å². The number of aliphatic hydroxyl groups excluding tert-OH is 1. The Kier molecular flexibility index (Phi) is 5.08. The van der Waals surface area contributed by atoms with Crippen LogP contribution in [-0.4, -0.2) is 21.7 Å². The van der Waals surface area contributed by atoms with E-state index < -0.39 is 28.4 Å². The van der Waals surface area contributed by atoms with Crippen molar-refractivity contribution in [1.82, 2.24) is 0 Å². The van der Waals surface area contributed by atoms with E-state index in [1.54, 1.807) is 43.3 Å². The molecule has 0 radical (unpaired) electrons. The fraction of sp³-hybridized carbons (Fsp3) is 0.0909. The minimum Gasteiger partial charge on any atom is -0.507 e. The SMILES string of the molecule is Cc1ccc(C2/C(=C(/O)c3cccc([N+](=O)[O-])c3)C(=O)C(=O)N2c2ccc(Cl)cc2)o1. The molecule has 31 heavy (non-hydrogen) atoms. The fourth-order valence-corrected chi connectivity index (χ4v) is 3.62. The molecule has 1 aromatic heterocycles. The van der Waals surface area contributed by atoms with Crippen LogP contribution in [0.4, 0.5) is 11.4 Å². The van der Waals surface area contributed by atoms with Gasteiger partial charge < -0.3 is 9.52 Å². The number of aryl methyl sites for hydroxylation is 1. The van der Waals surface area contributed by atoms with Crippen molar-refractivity contribution in [2.45, 2.75) is 13.0 Å². The van der Waals surface area contributed by atoms with Crippen molar-refractivity contribution < 1.29 is 24.0 Å². The second kappa shape index (κ2) is 7.73. The molecule has 0 saturated carbocycles. The fourth-order valence-electron chi connectivity index (χ4n) is 3.49. The molecular weight excluding hydrogens is 424 g/mol. The molecule has 156 valence electrons. The summed E-state index contributed by atoms with van der Waals surface area (Å²) in [6, 6.07) is 13.7. The van der Waals surface area contributed by atoms with E-state index in [1.165, 1.54) is 23.1 Å². The van der Waals surface area contributed by atoms with Crippen molar-refractivity contribution in [3.63, 3.8) is 0 Å². The van der Waals surface area contributed by atoms with Crippen LogP contribution in [0, 0.1) is 17.0 Å². The molecule has 1 aliphatic rings. The Morgan fingerprint density at radius 2 is 1.84 bits per heavy atom. The van der Waals surface area contributed by atoms with E-state index in [0.29, 0.717) is 16.5 Å². The van der Waals surface area contributed by atoms with Gasteiger partial charge in [0.25, 0.3) is 17.4 Å². The Bertz CT molecular complexity index is 1240. The number of nitro benzene ring substituents is 1. The Balaban J connectivity index is 1.93. The topological polar surface area (TPSA) is 114 Å². The standard InChI is InChI=1S/C22H15ClN2O6/c1-12-5-10-17(31-12)19-18(20(26)13-3-2-4-16(11-13)25(29)30)21(27)22(28)24(19)15-8-6-14(23)7-9-15/h2-11,19,26H,1H3/b20-18-. The zero-order valence-electron chi connectivity index (χ0n) is 16.1. The van der Waals surface area contributed by atoms with Gasteiger partial charge in [0.15, 0.2) is 0 Å².